The van der Waals surface area contributed by atoms with E-state index >= 15 is 0 Å². The molecule has 0 saturated carbocycles. The van der Waals surface area contributed by atoms with E-state index in [1.165, 1.54) is 0 Å². The van der Waals surface area contributed by atoms with Gasteiger partial charge in [0, 0.05) is 11.8 Å². The molecule has 5 heteroatoms. The lowest BCUT2D eigenvalue weighted by atomic mass is 10.2. The van der Waals surface area contributed by atoms with Crippen molar-refractivity contribution in [1.82, 2.24) is 24.8 Å². The molecule has 0 spiro atoms. The van der Waals surface area contributed by atoms with Crippen LogP contribution >= 0.6 is 0 Å². The summed E-state index contributed by atoms with van der Waals surface area (Å²) in [5.41, 5.74) is 2.94. The van der Waals surface area contributed by atoms with E-state index in [9.17, 15) is 0 Å². The normalized spacial score (nSPS) is 11.0. The summed E-state index contributed by atoms with van der Waals surface area (Å²) < 4.78 is 1.82. The Morgan fingerprint density at radius 1 is 0.950 bits per heavy atom. The molecule has 1 N–H and O–H groups in total. The first-order chi connectivity index (χ1) is 9.92. The second-order valence-corrected chi connectivity index (χ2v) is 4.46. The molecule has 0 radical (unpaired) electrons. The summed E-state index contributed by atoms with van der Waals surface area (Å²) in [7, 11) is 0. The minimum Gasteiger partial charge on any atom is -0.259 e. The Morgan fingerprint density at radius 2 is 1.80 bits per heavy atom. The first kappa shape index (κ1) is 10.9. The summed E-state index contributed by atoms with van der Waals surface area (Å²) in [4.78, 5) is 4.55. The van der Waals surface area contributed by atoms with Crippen LogP contribution in [0.25, 0.3) is 28.3 Å². The van der Waals surface area contributed by atoms with Gasteiger partial charge in [0.25, 0.3) is 0 Å². The van der Waals surface area contributed by atoms with Gasteiger partial charge >= 0.3 is 0 Å². The third kappa shape index (κ3) is 1.68. The van der Waals surface area contributed by atoms with Gasteiger partial charge in [0.1, 0.15) is 0 Å². The topological polar surface area (TPSA) is 58.9 Å². The van der Waals surface area contributed by atoms with Crippen LogP contribution in [-0.4, -0.2) is 24.8 Å². The maximum atomic E-state index is 4.55. The number of H-pyrrole nitrogens is 1. The molecule has 0 unspecified atom stereocenters. The molecule has 3 heterocycles. The van der Waals surface area contributed by atoms with Gasteiger partial charge in [0.15, 0.2) is 11.6 Å². The van der Waals surface area contributed by atoms with Crippen LogP contribution in [0.15, 0.2) is 60.9 Å². The summed E-state index contributed by atoms with van der Waals surface area (Å²) in [5.74, 6) is 1.42. The number of hydrogen-bond acceptors (Lipinski definition) is 3. The largest absolute Gasteiger partial charge is 0.259 e. The van der Waals surface area contributed by atoms with Crippen LogP contribution in [0.2, 0.25) is 0 Å². The van der Waals surface area contributed by atoms with E-state index in [-0.39, 0.29) is 0 Å². The fourth-order valence-corrected chi connectivity index (χ4v) is 2.22. The molecule has 0 bridgehead atoms. The van der Waals surface area contributed by atoms with Crippen molar-refractivity contribution in [3.63, 3.8) is 0 Å². The van der Waals surface area contributed by atoms with Crippen molar-refractivity contribution in [3.05, 3.63) is 60.9 Å². The zero-order valence-electron chi connectivity index (χ0n) is 10.6. The summed E-state index contributed by atoms with van der Waals surface area (Å²) in [6.07, 6.45) is 3.71. The highest BCUT2D eigenvalue weighted by Crippen LogP contribution is 2.23. The predicted octanol–water partition coefficient (Wildman–Crippen LogP) is 2.79. The number of pyridine rings is 1. The van der Waals surface area contributed by atoms with Gasteiger partial charge < -0.3 is 0 Å². The van der Waals surface area contributed by atoms with E-state index in [1.807, 2.05) is 59.2 Å². The molecular formula is C15H11N5. The Kier molecular flexibility index (Phi) is 2.35. The van der Waals surface area contributed by atoms with Crippen molar-refractivity contribution in [3.8, 4) is 22.8 Å². The summed E-state index contributed by atoms with van der Waals surface area (Å²) in [6.45, 7) is 0. The van der Waals surface area contributed by atoms with Gasteiger partial charge in [-0.1, -0.05) is 36.4 Å². The molecule has 0 aliphatic heterocycles. The van der Waals surface area contributed by atoms with Crippen LogP contribution in [0.4, 0.5) is 0 Å². The first-order valence-corrected chi connectivity index (χ1v) is 6.32. The number of fused-ring (bicyclic) bond motifs is 1. The van der Waals surface area contributed by atoms with E-state index in [4.69, 9.17) is 0 Å². The quantitative estimate of drug-likeness (QED) is 0.603. The third-order valence-corrected chi connectivity index (χ3v) is 3.20. The molecule has 0 fully saturated rings. The molecule has 4 rings (SSSR count). The van der Waals surface area contributed by atoms with Gasteiger partial charge in [0.05, 0.1) is 17.3 Å². The molecule has 20 heavy (non-hydrogen) atoms. The summed E-state index contributed by atoms with van der Waals surface area (Å²) >= 11 is 0. The standard InChI is InChI=1S/C15H11N5/c1-2-6-11(7-3-1)14-17-15(19-18-14)12-10-16-20-9-5-4-8-13(12)20/h1-10H,(H,17,18,19). The van der Waals surface area contributed by atoms with Crippen molar-refractivity contribution in [1.29, 1.82) is 0 Å². The lowest BCUT2D eigenvalue weighted by molar-refractivity contribution is 0.961. The fourth-order valence-electron chi connectivity index (χ4n) is 2.22. The number of nitrogens with zero attached hydrogens (tertiary/aromatic N) is 4. The number of rotatable bonds is 2. The van der Waals surface area contributed by atoms with Gasteiger partial charge in [0.2, 0.25) is 0 Å². The minimum absolute atomic E-state index is 0.691. The van der Waals surface area contributed by atoms with Crippen molar-refractivity contribution in [2.75, 3.05) is 0 Å². The first-order valence-electron chi connectivity index (χ1n) is 6.32. The highest BCUT2D eigenvalue weighted by atomic mass is 15.2. The van der Waals surface area contributed by atoms with Crippen molar-refractivity contribution >= 4 is 5.52 Å². The predicted molar refractivity (Wildman–Crippen MR) is 76.0 cm³/mol. The second-order valence-electron chi connectivity index (χ2n) is 4.46. The van der Waals surface area contributed by atoms with E-state index in [0.717, 1.165) is 22.5 Å². The van der Waals surface area contributed by atoms with Gasteiger partial charge in [-0.25, -0.2) is 9.50 Å². The second kappa shape index (κ2) is 4.31. The average Bonchev–Trinajstić information content (AvgIpc) is 3.14. The Balaban J connectivity index is 1.82. The zero-order valence-corrected chi connectivity index (χ0v) is 10.6. The number of benzene rings is 1. The van der Waals surface area contributed by atoms with E-state index in [2.05, 4.69) is 20.3 Å². The number of hydrogen-bond donors (Lipinski definition) is 1. The van der Waals surface area contributed by atoms with E-state index in [1.54, 1.807) is 6.20 Å². The molecule has 4 aromatic rings. The smallest absolute Gasteiger partial charge is 0.181 e. The molecule has 5 nitrogen and oxygen atoms in total. The number of aromatic nitrogens is 5. The lowest BCUT2D eigenvalue weighted by Crippen LogP contribution is -1.84. The highest BCUT2D eigenvalue weighted by Gasteiger charge is 2.11. The highest BCUT2D eigenvalue weighted by molar-refractivity contribution is 5.76. The van der Waals surface area contributed by atoms with Crippen LogP contribution in [0.1, 0.15) is 0 Å². The Hall–Kier alpha value is -2.95. The van der Waals surface area contributed by atoms with Crippen molar-refractivity contribution in [2.45, 2.75) is 0 Å². The van der Waals surface area contributed by atoms with Gasteiger partial charge in [-0.15, -0.1) is 0 Å². The molecule has 0 atom stereocenters. The Morgan fingerprint density at radius 3 is 2.70 bits per heavy atom. The Labute approximate surface area is 114 Å². The summed E-state index contributed by atoms with van der Waals surface area (Å²) in [6, 6.07) is 15.8. The summed E-state index contributed by atoms with van der Waals surface area (Å²) in [5, 5.41) is 11.6. The fraction of sp³-hybridized carbons (Fsp3) is 0. The van der Waals surface area contributed by atoms with Crippen LogP contribution in [0.5, 0.6) is 0 Å². The van der Waals surface area contributed by atoms with E-state index < -0.39 is 0 Å². The molecule has 0 aliphatic rings. The van der Waals surface area contributed by atoms with Crippen LogP contribution in [0.3, 0.4) is 0 Å². The van der Waals surface area contributed by atoms with Crippen LogP contribution in [0, 0.1) is 0 Å². The molecule has 3 aromatic heterocycles. The van der Waals surface area contributed by atoms with Crippen molar-refractivity contribution in [2.24, 2.45) is 0 Å². The minimum atomic E-state index is 0.691. The van der Waals surface area contributed by atoms with Gasteiger partial charge in [-0.05, 0) is 12.1 Å². The Bertz CT molecular complexity index is 860. The van der Waals surface area contributed by atoms with Crippen LogP contribution in [-0.2, 0) is 0 Å². The SMILES string of the molecule is c1ccc(-c2n[nH]c(-c3cnn4ccccc34)n2)cc1. The molecule has 0 amide bonds. The van der Waals surface area contributed by atoms with E-state index in [0.29, 0.717) is 5.82 Å². The molecule has 0 aliphatic carbocycles. The van der Waals surface area contributed by atoms with Crippen molar-refractivity contribution < 1.29 is 0 Å². The molecule has 96 valence electrons. The molecular weight excluding hydrogens is 250 g/mol. The van der Waals surface area contributed by atoms with Gasteiger partial charge in [-0.2, -0.15) is 10.2 Å². The zero-order chi connectivity index (χ0) is 13.4. The number of aromatic amines is 1. The average molecular weight is 261 g/mol. The lowest BCUT2D eigenvalue weighted by Gasteiger charge is -1.94. The third-order valence-electron chi connectivity index (χ3n) is 3.20. The monoisotopic (exact) mass is 261 g/mol. The maximum absolute atomic E-state index is 4.55. The number of nitrogens with one attached hydrogen (secondary N) is 1. The maximum Gasteiger partial charge on any atom is 0.181 e. The molecule has 1 aromatic carbocycles. The van der Waals surface area contributed by atoms with Crippen LogP contribution < -0.4 is 0 Å². The van der Waals surface area contributed by atoms with Gasteiger partial charge in [-0.3, -0.25) is 5.10 Å². The molecule has 0 saturated heterocycles.